The van der Waals surface area contributed by atoms with Crippen molar-refractivity contribution in [2.24, 2.45) is 13.0 Å². The van der Waals surface area contributed by atoms with Gasteiger partial charge in [-0.1, -0.05) is 13.8 Å². The Kier molecular flexibility index (Phi) is 5.01. The molecule has 0 unspecified atom stereocenters. The molecule has 2 rings (SSSR count). The summed E-state index contributed by atoms with van der Waals surface area (Å²) in [5.74, 6) is 2.14. The van der Waals surface area contributed by atoms with Gasteiger partial charge in [0.1, 0.15) is 0 Å². The first kappa shape index (κ1) is 15.6. The maximum Gasteiger partial charge on any atom is 0.222 e. The van der Waals surface area contributed by atoms with Crippen LogP contribution in [-0.4, -0.2) is 26.1 Å². The Morgan fingerprint density at radius 2 is 2.14 bits per heavy atom. The Labute approximate surface area is 126 Å². The molecule has 0 fully saturated rings. The normalized spacial score (nSPS) is 11.3. The fourth-order valence-electron chi connectivity index (χ4n) is 2.18. The van der Waals surface area contributed by atoms with Crippen LogP contribution in [0.15, 0.2) is 12.4 Å². The maximum atomic E-state index is 5.98. The molecule has 2 aromatic rings. The lowest BCUT2D eigenvalue weighted by atomic mass is 10.2. The quantitative estimate of drug-likeness (QED) is 0.851. The van der Waals surface area contributed by atoms with E-state index in [0.717, 1.165) is 42.5 Å². The summed E-state index contributed by atoms with van der Waals surface area (Å²) in [5, 5.41) is 12.1. The number of nitrogens with zero attached hydrogens (tertiary/aromatic N) is 4. The van der Waals surface area contributed by atoms with E-state index in [4.69, 9.17) is 4.74 Å². The molecular formula is C15H25N5O. The van der Waals surface area contributed by atoms with Crippen LogP contribution in [0, 0.1) is 12.8 Å². The minimum atomic E-state index is 0.620. The molecule has 0 amide bonds. The number of ether oxygens (including phenoxy) is 1. The molecule has 0 saturated carbocycles. The third kappa shape index (κ3) is 3.85. The Bertz CT molecular complexity index is 585. The van der Waals surface area contributed by atoms with Gasteiger partial charge in [0.15, 0.2) is 5.75 Å². The molecule has 6 heteroatoms. The van der Waals surface area contributed by atoms with E-state index in [1.807, 2.05) is 31.8 Å². The fourth-order valence-corrected chi connectivity index (χ4v) is 2.18. The maximum absolute atomic E-state index is 5.98. The lowest BCUT2D eigenvalue weighted by Gasteiger charge is -2.09. The van der Waals surface area contributed by atoms with Gasteiger partial charge in [-0.25, -0.2) is 4.68 Å². The van der Waals surface area contributed by atoms with E-state index < -0.39 is 0 Å². The SMILES string of the molecule is CCn1cc(Oc2c(CNCC(C)C)c(C)nn2C)cn1. The van der Waals surface area contributed by atoms with Crippen molar-refractivity contribution in [2.75, 3.05) is 6.54 Å². The highest BCUT2D eigenvalue weighted by molar-refractivity contribution is 5.34. The van der Waals surface area contributed by atoms with Gasteiger partial charge in [0.05, 0.1) is 23.7 Å². The monoisotopic (exact) mass is 291 g/mol. The molecule has 116 valence electrons. The van der Waals surface area contributed by atoms with Crippen molar-refractivity contribution in [3.8, 4) is 11.6 Å². The van der Waals surface area contributed by atoms with Crippen LogP contribution < -0.4 is 10.1 Å². The molecule has 0 aliphatic heterocycles. The van der Waals surface area contributed by atoms with Gasteiger partial charge in [0, 0.05) is 20.1 Å². The highest BCUT2D eigenvalue weighted by Gasteiger charge is 2.16. The summed E-state index contributed by atoms with van der Waals surface area (Å²) in [5.41, 5.74) is 2.09. The number of aryl methyl sites for hydroxylation is 3. The summed E-state index contributed by atoms with van der Waals surface area (Å²) in [4.78, 5) is 0. The standard InChI is InChI=1S/C15H25N5O/c1-6-20-10-13(8-17-20)21-15-14(9-16-7-11(2)3)12(4)18-19(15)5/h8,10-11,16H,6-7,9H2,1-5H3. The summed E-state index contributed by atoms with van der Waals surface area (Å²) in [6.07, 6.45) is 3.63. The second-order valence-electron chi connectivity index (χ2n) is 5.65. The Morgan fingerprint density at radius 3 is 2.76 bits per heavy atom. The van der Waals surface area contributed by atoms with Crippen LogP contribution >= 0.6 is 0 Å². The largest absolute Gasteiger partial charge is 0.436 e. The van der Waals surface area contributed by atoms with Gasteiger partial charge in [-0.3, -0.25) is 4.68 Å². The van der Waals surface area contributed by atoms with Gasteiger partial charge in [0.2, 0.25) is 5.88 Å². The first-order valence-electron chi connectivity index (χ1n) is 7.44. The molecule has 0 radical (unpaired) electrons. The van der Waals surface area contributed by atoms with Gasteiger partial charge in [-0.05, 0) is 26.3 Å². The summed E-state index contributed by atoms with van der Waals surface area (Å²) >= 11 is 0. The van der Waals surface area contributed by atoms with Crippen molar-refractivity contribution < 1.29 is 4.74 Å². The minimum Gasteiger partial charge on any atom is -0.436 e. The summed E-state index contributed by atoms with van der Waals surface area (Å²) < 4.78 is 9.60. The highest BCUT2D eigenvalue weighted by atomic mass is 16.5. The summed E-state index contributed by atoms with van der Waals surface area (Å²) in [7, 11) is 1.90. The average Bonchev–Trinajstić information content (AvgIpc) is 2.98. The van der Waals surface area contributed by atoms with Gasteiger partial charge in [-0.15, -0.1) is 0 Å². The lowest BCUT2D eigenvalue weighted by molar-refractivity contribution is 0.422. The fraction of sp³-hybridized carbons (Fsp3) is 0.600. The van der Waals surface area contributed by atoms with Crippen LogP contribution in [0.2, 0.25) is 0 Å². The first-order valence-corrected chi connectivity index (χ1v) is 7.44. The van der Waals surface area contributed by atoms with Crippen LogP contribution in [-0.2, 0) is 20.1 Å². The molecule has 0 atom stereocenters. The molecule has 0 saturated heterocycles. The third-order valence-corrected chi connectivity index (χ3v) is 3.29. The van der Waals surface area contributed by atoms with E-state index in [9.17, 15) is 0 Å². The van der Waals surface area contributed by atoms with Gasteiger partial charge in [-0.2, -0.15) is 10.2 Å². The third-order valence-electron chi connectivity index (χ3n) is 3.29. The number of nitrogens with one attached hydrogen (secondary N) is 1. The lowest BCUT2D eigenvalue weighted by Crippen LogP contribution is -2.19. The van der Waals surface area contributed by atoms with E-state index in [1.54, 1.807) is 10.9 Å². The Morgan fingerprint density at radius 1 is 1.38 bits per heavy atom. The molecule has 0 spiro atoms. The molecule has 1 N–H and O–H groups in total. The number of hydrogen-bond acceptors (Lipinski definition) is 4. The zero-order valence-corrected chi connectivity index (χ0v) is 13.6. The number of aromatic nitrogens is 4. The molecule has 21 heavy (non-hydrogen) atoms. The second-order valence-corrected chi connectivity index (χ2v) is 5.65. The number of hydrogen-bond donors (Lipinski definition) is 1. The topological polar surface area (TPSA) is 56.9 Å². The molecule has 6 nitrogen and oxygen atoms in total. The van der Waals surface area contributed by atoms with Crippen LogP contribution in [0.3, 0.4) is 0 Å². The zero-order chi connectivity index (χ0) is 15.4. The molecule has 0 bridgehead atoms. The molecule has 0 aliphatic rings. The van der Waals surface area contributed by atoms with Crippen molar-refractivity contribution in [1.82, 2.24) is 24.9 Å². The predicted molar refractivity (Wildman–Crippen MR) is 82.5 cm³/mol. The van der Waals surface area contributed by atoms with Crippen LogP contribution in [0.4, 0.5) is 0 Å². The highest BCUT2D eigenvalue weighted by Crippen LogP contribution is 2.26. The van der Waals surface area contributed by atoms with Crippen molar-refractivity contribution in [3.05, 3.63) is 23.7 Å². The van der Waals surface area contributed by atoms with Gasteiger partial charge < -0.3 is 10.1 Å². The summed E-state index contributed by atoms with van der Waals surface area (Å²) in [6, 6.07) is 0. The molecule has 2 heterocycles. The zero-order valence-electron chi connectivity index (χ0n) is 13.6. The predicted octanol–water partition coefficient (Wildman–Crippen LogP) is 2.48. The average molecular weight is 291 g/mol. The molecule has 0 aromatic carbocycles. The van der Waals surface area contributed by atoms with E-state index >= 15 is 0 Å². The van der Waals surface area contributed by atoms with Crippen molar-refractivity contribution in [1.29, 1.82) is 0 Å². The number of rotatable bonds is 7. The smallest absolute Gasteiger partial charge is 0.222 e. The van der Waals surface area contributed by atoms with E-state index in [-0.39, 0.29) is 0 Å². The second kappa shape index (κ2) is 6.76. The first-order chi connectivity index (χ1) is 10.0. The van der Waals surface area contributed by atoms with Crippen molar-refractivity contribution in [3.63, 3.8) is 0 Å². The van der Waals surface area contributed by atoms with E-state index in [0.29, 0.717) is 5.92 Å². The van der Waals surface area contributed by atoms with Crippen molar-refractivity contribution in [2.45, 2.75) is 40.8 Å². The van der Waals surface area contributed by atoms with Gasteiger partial charge in [0.25, 0.3) is 0 Å². The Hall–Kier alpha value is -1.82. The van der Waals surface area contributed by atoms with Crippen LogP contribution in [0.1, 0.15) is 32.0 Å². The van der Waals surface area contributed by atoms with E-state index in [2.05, 4.69) is 29.4 Å². The summed E-state index contributed by atoms with van der Waals surface area (Å²) in [6.45, 7) is 11.0. The molecular weight excluding hydrogens is 266 g/mol. The van der Waals surface area contributed by atoms with Crippen molar-refractivity contribution >= 4 is 0 Å². The van der Waals surface area contributed by atoms with Crippen LogP contribution in [0.25, 0.3) is 0 Å². The van der Waals surface area contributed by atoms with Crippen LogP contribution in [0.5, 0.6) is 11.6 Å². The van der Waals surface area contributed by atoms with E-state index in [1.165, 1.54) is 0 Å². The molecule has 0 aliphatic carbocycles. The van der Waals surface area contributed by atoms with Gasteiger partial charge >= 0.3 is 0 Å². The molecule has 2 aromatic heterocycles. The Balaban J connectivity index is 2.13. The minimum absolute atomic E-state index is 0.620.